The SMILES string of the molecule is CCc1ccccc1NC(=O)CCC(=O)OCC(=O)Nc1cccc(C)c1. The lowest BCUT2D eigenvalue weighted by molar-refractivity contribution is -0.147. The number of para-hydroxylation sites is 1. The minimum absolute atomic E-state index is 0.00359. The Kier molecular flexibility index (Phi) is 7.55. The van der Waals surface area contributed by atoms with E-state index in [0.717, 1.165) is 23.2 Å². The molecule has 0 unspecified atom stereocenters. The molecule has 0 aliphatic carbocycles. The summed E-state index contributed by atoms with van der Waals surface area (Å²) in [6.45, 7) is 3.54. The number of aryl methyl sites for hydroxylation is 2. The van der Waals surface area contributed by atoms with Gasteiger partial charge in [0.1, 0.15) is 0 Å². The molecular formula is C21H24N2O4. The molecular weight excluding hydrogens is 344 g/mol. The van der Waals surface area contributed by atoms with Gasteiger partial charge in [0.25, 0.3) is 5.91 Å². The molecule has 0 saturated heterocycles. The zero-order valence-corrected chi connectivity index (χ0v) is 15.6. The van der Waals surface area contributed by atoms with Gasteiger partial charge in [-0.15, -0.1) is 0 Å². The van der Waals surface area contributed by atoms with E-state index in [1.54, 1.807) is 6.07 Å². The Bertz CT molecular complexity index is 817. The highest BCUT2D eigenvalue weighted by molar-refractivity contribution is 5.94. The van der Waals surface area contributed by atoms with Gasteiger partial charge in [-0.3, -0.25) is 14.4 Å². The van der Waals surface area contributed by atoms with Crippen LogP contribution in [0.2, 0.25) is 0 Å². The third-order valence-electron chi connectivity index (χ3n) is 3.89. The average Bonchev–Trinajstić information content (AvgIpc) is 2.65. The summed E-state index contributed by atoms with van der Waals surface area (Å²) in [6, 6.07) is 14.8. The predicted octanol–water partition coefficient (Wildman–Crippen LogP) is 3.46. The Balaban J connectivity index is 1.71. The smallest absolute Gasteiger partial charge is 0.306 e. The van der Waals surface area contributed by atoms with Gasteiger partial charge < -0.3 is 15.4 Å². The van der Waals surface area contributed by atoms with Crippen LogP contribution in [0.1, 0.15) is 30.9 Å². The molecule has 0 saturated carbocycles. The Hall–Kier alpha value is -3.15. The summed E-state index contributed by atoms with van der Waals surface area (Å²) >= 11 is 0. The highest BCUT2D eigenvalue weighted by Crippen LogP contribution is 2.16. The van der Waals surface area contributed by atoms with Crippen LogP contribution in [0.4, 0.5) is 11.4 Å². The molecule has 0 aliphatic heterocycles. The molecule has 2 amide bonds. The van der Waals surface area contributed by atoms with E-state index in [-0.39, 0.29) is 25.4 Å². The fourth-order valence-electron chi connectivity index (χ4n) is 2.52. The number of nitrogens with one attached hydrogen (secondary N) is 2. The fraction of sp³-hybridized carbons (Fsp3) is 0.286. The number of amides is 2. The van der Waals surface area contributed by atoms with Crippen LogP contribution in [0.5, 0.6) is 0 Å². The molecule has 2 rings (SSSR count). The number of hydrogen-bond donors (Lipinski definition) is 2. The van der Waals surface area contributed by atoms with E-state index in [9.17, 15) is 14.4 Å². The largest absolute Gasteiger partial charge is 0.456 e. The van der Waals surface area contributed by atoms with Gasteiger partial charge in [-0.25, -0.2) is 0 Å². The Morgan fingerprint density at radius 3 is 2.44 bits per heavy atom. The van der Waals surface area contributed by atoms with E-state index >= 15 is 0 Å². The monoisotopic (exact) mass is 368 g/mol. The van der Waals surface area contributed by atoms with E-state index in [1.807, 2.05) is 56.3 Å². The lowest BCUT2D eigenvalue weighted by Gasteiger charge is -2.10. The summed E-state index contributed by atoms with van der Waals surface area (Å²) in [5.74, 6) is -1.28. The second-order valence-electron chi connectivity index (χ2n) is 6.14. The normalized spacial score (nSPS) is 10.1. The molecule has 0 atom stereocenters. The van der Waals surface area contributed by atoms with Crippen molar-refractivity contribution < 1.29 is 19.1 Å². The van der Waals surface area contributed by atoms with E-state index in [4.69, 9.17) is 4.74 Å². The van der Waals surface area contributed by atoms with Gasteiger partial charge in [0.05, 0.1) is 6.42 Å². The summed E-state index contributed by atoms with van der Waals surface area (Å²) in [6.07, 6.45) is 0.711. The second-order valence-corrected chi connectivity index (χ2v) is 6.14. The molecule has 0 bridgehead atoms. The number of hydrogen-bond acceptors (Lipinski definition) is 4. The van der Waals surface area contributed by atoms with Crippen molar-refractivity contribution in [3.63, 3.8) is 0 Å². The summed E-state index contributed by atoms with van der Waals surface area (Å²) in [7, 11) is 0. The first kappa shape index (κ1) is 20.2. The van der Waals surface area contributed by atoms with Gasteiger partial charge >= 0.3 is 5.97 Å². The average molecular weight is 368 g/mol. The molecule has 0 heterocycles. The van der Waals surface area contributed by atoms with Crippen LogP contribution in [0.25, 0.3) is 0 Å². The molecule has 2 aromatic rings. The molecule has 142 valence electrons. The van der Waals surface area contributed by atoms with Crippen LogP contribution in [0.3, 0.4) is 0 Å². The van der Waals surface area contributed by atoms with Crippen molar-refractivity contribution >= 4 is 29.2 Å². The number of anilines is 2. The number of esters is 1. The van der Waals surface area contributed by atoms with Crippen LogP contribution in [-0.2, 0) is 25.5 Å². The zero-order chi connectivity index (χ0) is 19.6. The summed E-state index contributed by atoms with van der Waals surface area (Å²) in [5.41, 5.74) is 3.43. The summed E-state index contributed by atoms with van der Waals surface area (Å²) < 4.78 is 4.92. The molecule has 27 heavy (non-hydrogen) atoms. The van der Waals surface area contributed by atoms with Crippen LogP contribution < -0.4 is 10.6 Å². The second kappa shape index (κ2) is 10.1. The van der Waals surface area contributed by atoms with Gasteiger partial charge in [-0.2, -0.15) is 0 Å². The maximum atomic E-state index is 12.0. The number of ether oxygens (including phenoxy) is 1. The van der Waals surface area contributed by atoms with Gasteiger partial charge in [0.15, 0.2) is 6.61 Å². The lowest BCUT2D eigenvalue weighted by Crippen LogP contribution is -2.22. The van der Waals surface area contributed by atoms with Crippen molar-refractivity contribution in [2.45, 2.75) is 33.1 Å². The minimum Gasteiger partial charge on any atom is -0.456 e. The number of rotatable bonds is 8. The van der Waals surface area contributed by atoms with Gasteiger partial charge in [0.2, 0.25) is 5.91 Å². The van der Waals surface area contributed by atoms with Crippen LogP contribution in [0, 0.1) is 6.92 Å². The van der Waals surface area contributed by atoms with E-state index < -0.39 is 11.9 Å². The van der Waals surface area contributed by atoms with Crippen molar-refractivity contribution in [1.29, 1.82) is 0 Å². The Labute approximate surface area is 158 Å². The van der Waals surface area contributed by atoms with E-state index in [0.29, 0.717) is 5.69 Å². The molecule has 0 spiro atoms. The fourth-order valence-corrected chi connectivity index (χ4v) is 2.52. The molecule has 6 nitrogen and oxygen atoms in total. The van der Waals surface area contributed by atoms with Crippen molar-refractivity contribution in [3.8, 4) is 0 Å². The summed E-state index contributed by atoms with van der Waals surface area (Å²) in [4.78, 5) is 35.6. The molecule has 0 aromatic heterocycles. The van der Waals surface area contributed by atoms with Gasteiger partial charge in [-0.05, 0) is 42.7 Å². The van der Waals surface area contributed by atoms with Crippen molar-refractivity contribution in [3.05, 3.63) is 59.7 Å². The predicted molar refractivity (Wildman–Crippen MR) is 104 cm³/mol. The minimum atomic E-state index is -0.590. The molecule has 6 heteroatoms. The third-order valence-corrected chi connectivity index (χ3v) is 3.89. The van der Waals surface area contributed by atoms with Crippen LogP contribution >= 0.6 is 0 Å². The topological polar surface area (TPSA) is 84.5 Å². The standard InChI is InChI=1S/C21H24N2O4/c1-3-16-8-4-5-10-18(16)23-19(24)11-12-21(26)27-14-20(25)22-17-9-6-7-15(2)13-17/h4-10,13H,3,11-12,14H2,1-2H3,(H,22,25)(H,23,24). The first-order valence-corrected chi connectivity index (χ1v) is 8.88. The maximum absolute atomic E-state index is 12.0. The van der Waals surface area contributed by atoms with E-state index in [1.165, 1.54) is 0 Å². The number of benzene rings is 2. The third kappa shape index (κ3) is 6.93. The quantitative estimate of drug-likeness (QED) is 0.699. The Morgan fingerprint density at radius 1 is 0.926 bits per heavy atom. The van der Waals surface area contributed by atoms with Crippen molar-refractivity contribution in [2.24, 2.45) is 0 Å². The van der Waals surface area contributed by atoms with Gasteiger partial charge in [-0.1, -0.05) is 37.3 Å². The molecule has 0 fully saturated rings. The highest BCUT2D eigenvalue weighted by atomic mass is 16.5. The van der Waals surface area contributed by atoms with Gasteiger partial charge in [0, 0.05) is 17.8 Å². The highest BCUT2D eigenvalue weighted by Gasteiger charge is 2.12. The molecule has 2 aromatic carbocycles. The number of carbonyl (C=O) groups is 3. The number of carbonyl (C=O) groups excluding carboxylic acids is 3. The van der Waals surface area contributed by atoms with Crippen LogP contribution in [0.15, 0.2) is 48.5 Å². The molecule has 0 aliphatic rings. The Morgan fingerprint density at radius 2 is 1.70 bits per heavy atom. The zero-order valence-electron chi connectivity index (χ0n) is 15.6. The lowest BCUT2D eigenvalue weighted by atomic mass is 10.1. The van der Waals surface area contributed by atoms with Crippen molar-refractivity contribution in [2.75, 3.05) is 17.2 Å². The van der Waals surface area contributed by atoms with Crippen LogP contribution in [-0.4, -0.2) is 24.4 Å². The molecule has 0 radical (unpaired) electrons. The first-order chi connectivity index (χ1) is 13.0. The molecule has 2 N–H and O–H groups in total. The first-order valence-electron chi connectivity index (χ1n) is 8.88. The van der Waals surface area contributed by atoms with Crippen molar-refractivity contribution in [1.82, 2.24) is 0 Å². The summed E-state index contributed by atoms with van der Waals surface area (Å²) in [5, 5.41) is 5.45. The maximum Gasteiger partial charge on any atom is 0.306 e. The van der Waals surface area contributed by atoms with E-state index in [2.05, 4.69) is 10.6 Å².